The molecule has 3 rings (SSSR count). The van der Waals surface area contributed by atoms with Gasteiger partial charge in [-0.3, -0.25) is 4.98 Å². The quantitative estimate of drug-likeness (QED) is 0.681. The summed E-state index contributed by atoms with van der Waals surface area (Å²) in [4.78, 5) is 10.2. The lowest BCUT2D eigenvalue weighted by molar-refractivity contribution is -0.141. The van der Waals surface area contributed by atoms with Gasteiger partial charge in [0.05, 0.1) is 18.1 Å². The summed E-state index contributed by atoms with van der Waals surface area (Å²) in [6.07, 6.45) is -3.04. The fourth-order valence-electron chi connectivity index (χ4n) is 2.30. The van der Waals surface area contributed by atoms with Crippen LogP contribution >= 0.6 is 0 Å². The normalized spacial score (nSPS) is 12.3. The minimum Gasteiger partial charge on any atom is -0.358 e. The van der Waals surface area contributed by atoms with Gasteiger partial charge in [-0.1, -0.05) is 13.8 Å². The molecule has 120 valence electrons. The number of hydrogen-bond acceptors (Lipinski definition) is 2. The Balaban J connectivity index is 2.07. The first kappa shape index (κ1) is 15.5. The summed E-state index contributed by atoms with van der Waals surface area (Å²) in [7, 11) is 0. The predicted octanol–water partition coefficient (Wildman–Crippen LogP) is 4.91. The van der Waals surface area contributed by atoms with E-state index in [4.69, 9.17) is 0 Å². The van der Waals surface area contributed by atoms with Gasteiger partial charge >= 0.3 is 6.18 Å². The molecule has 23 heavy (non-hydrogen) atoms. The first-order valence-electron chi connectivity index (χ1n) is 6.97. The maximum atomic E-state index is 14.2. The van der Waals surface area contributed by atoms with Crippen LogP contribution < -0.4 is 0 Å². The zero-order chi connectivity index (χ0) is 16.8. The molecule has 0 bridgehead atoms. The molecule has 3 aromatic rings. The van der Waals surface area contributed by atoms with Crippen LogP contribution in [0.4, 0.5) is 17.6 Å². The van der Waals surface area contributed by atoms with Gasteiger partial charge in [0, 0.05) is 22.2 Å². The lowest BCUT2D eigenvalue weighted by Gasteiger charge is -2.07. The first-order chi connectivity index (χ1) is 10.8. The molecule has 0 atom stereocenters. The van der Waals surface area contributed by atoms with Gasteiger partial charge in [-0.2, -0.15) is 13.2 Å². The van der Waals surface area contributed by atoms with Crippen molar-refractivity contribution in [2.75, 3.05) is 0 Å². The molecule has 2 heterocycles. The van der Waals surface area contributed by atoms with Crippen LogP contribution in [0.3, 0.4) is 0 Å². The Morgan fingerprint density at radius 2 is 1.78 bits per heavy atom. The van der Waals surface area contributed by atoms with Crippen LogP contribution in [0.15, 0.2) is 30.6 Å². The third-order valence-corrected chi connectivity index (χ3v) is 3.57. The first-order valence-corrected chi connectivity index (χ1v) is 6.97. The minimum absolute atomic E-state index is 0.0538. The van der Waals surface area contributed by atoms with E-state index in [-0.39, 0.29) is 17.2 Å². The van der Waals surface area contributed by atoms with Gasteiger partial charge in [0.2, 0.25) is 0 Å². The Morgan fingerprint density at radius 1 is 1.04 bits per heavy atom. The van der Waals surface area contributed by atoms with Crippen molar-refractivity contribution in [1.82, 2.24) is 15.0 Å². The van der Waals surface area contributed by atoms with Crippen molar-refractivity contribution < 1.29 is 17.6 Å². The molecule has 0 unspecified atom stereocenters. The van der Waals surface area contributed by atoms with Crippen molar-refractivity contribution in [2.24, 2.45) is 0 Å². The van der Waals surface area contributed by atoms with E-state index in [0.29, 0.717) is 17.1 Å². The van der Waals surface area contributed by atoms with E-state index in [2.05, 4.69) is 15.0 Å². The number of alkyl halides is 3. The van der Waals surface area contributed by atoms with Gasteiger partial charge in [-0.25, -0.2) is 9.37 Å². The summed E-state index contributed by atoms with van der Waals surface area (Å²) >= 11 is 0. The van der Waals surface area contributed by atoms with E-state index in [0.717, 1.165) is 11.9 Å². The number of aromatic amines is 1. The van der Waals surface area contributed by atoms with Gasteiger partial charge in [0.15, 0.2) is 5.69 Å². The minimum atomic E-state index is -4.57. The van der Waals surface area contributed by atoms with E-state index in [1.165, 1.54) is 12.1 Å². The largest absolute Gasteiger partial charge is 0.434 e. The van der Waals surface area contributed by atoms with Crippen LogP contribution in [0.1, 0.15) is 31.2 Å². The van der Waals surface area contributed by atoms with E-state index >= 15 is 0 Å². The Morgan fingerprint density at radius 3 is 2.35 bits per heavy atom. The highest BCUT2D eigenvalue weighted by Crippen LogP contribution is 2.30. The molecular formula is C16H13F4N3. The Bertz CT molecular complexity index is 848. The second kappa shape index (κ2) is 5.33. The Labute approximate surface area is 129 Å². The molecule has 0 spiro atoms. The Kier molecular flexibility index (Phi) is 3.58. The second-order valence-corrected chi connectivity index (χ2v) is 5.58. The molecule has 1 N–H and O–H groups in total. The smallest absolute Gasteiger partial charge is 0.358 e. The van der Waals surface area contributed by atoms with Crippen LogP contribution in [-0.4, -0.2) is 15.0 Å². The number of benzene rings is 1. The fourth-order valence-corrected chi connectivity index (χ4v) is 2.30. The van der Waals surface area contributed by atoms with E-state index in [9.17, 15) is 17.6 Å². The van der Waals surface area contributed by atoms with Crippen molar-refractivity contribution >= 4 is 10.9 Å². The van der Waals surface area contributed by atoms with Crippen molar-refractivity contribution in [3.8, 4) is 11.3 Å². The van der Waals surface area contributed by atoms with Crippen molar-refractivity contribution in [3.63, 3.8) is 0 Å². The van der Waals surface area contributed by atoms with Crippen LogP contribution in [0.5, 0.6) is 0 Å². The summed E-state index contributed by atoms with van der Waals surface area (Å²) < 4.78 is 51.8. The number of nitrogens with one attached hydrogen (secondary N) is 1. The Hall–Kier alpha value is -2.44. The van der Waals surface area contributed by atoms with Crippen LogP contribution in [0.2, 0.25) is 0 Å². The molecule has 0 aliphatic heterocycles. The van der Waals surface area contributed by atoms with Crippen LogP contribution in [0.25, 0.3) is 22.2 Å². The highest BCUT2D eigenvalue weighted by molar-refractivity contribution is 5.85. The maximum Gasteiger partial charge on any atom is 0.434 e. The lowest BCUT2D eigenvalue weighted by atomic mass is 10.1. The van der Waals surface area contributed by atoms with E-state index in [1.54, 1.807) is 0 Å². The highest BCUT2D eigenvalue weighted by Gasteiger charge is 2.32. The highest BCUT2D eigenvalue weighted by atomic mass is 19.4. The molecule has 0 amide bonds. The van der Waals surface area contributed by atoms with E-state index in [1.807, 2.05) is 19.9 Å². The summed E-state index contributed by atoms with van der Waals surface area (Å²) in [5.74, 6) is -0.305. The number of rotatable bonds is 2. The summed E-state index contributed by atoms with van der Waals surface area (Å²) in [5.41, 5.74) is 0.709. The van der Waals surface area contributed by atoms with Gasteiger partial charge in [-0.15, -0.1) is 0 Å². The number of hydrogen-bond donors (Lipinski definition) is 1. The SMILES string of the molecule is CC(C)c1cc2cc(F)c(-c3cnc(C(F)(F)F)cn3)cc2[nH]1. The number of aromatic nitrogens is 3. The van der Waals surface area contributed by atoms with Gasteiger partial charge in [-0.05, 0) is 24.1 Å². The molecule has 2 aromatic heterocycles. The molecule has 1 aromatic carbocycles. The summed E-state index contributed by atoms with van der Waals surface area (Å²) in [6.45, 7) is 4.01. The van der Waals surface area contributed by atoms with Crippen molar-refractivity contribution in [1.29, 1.82) is 0 Å². The lowest BCUT2D eigenvalue weighted by Crippen LogP contribution is -2.08. The summed E-state index contributed by atoms with van der Waals surface area (Å²) in [6, 6.07) is 4.73. The zero-order valence-electron chi connectivity index (χ0n) is 12.4. The molecule has 7 heteroatoms. The standard InChI is InChI=1S/C16H13F4N3/c1-8(2)12-4-9-3-11(17)10(5-13(9)23-12)14-6-22-15(7-21-14)16(18,19)20/h3-8,23H,1-2H3. The third-order valence-electron chi connectivity index (χ3n) is 3.57. The number of halogens is 4. The van der Waals surface area contributed by atoms with Crippen molar-refractivity contribution in [3.05, 3.63) is 47.8 Å². The summed E-state index contributed by atoms with van der Waals surface area (Å²) in [5, 5.41) is 0.704. The molecular weight excluding hydrogens is 310 g/mol. The molecule has 0 fully saturated rings. The van der Waals surface area contributed by atoms with Crippen molar-refractivity contribution in [2.45, 2.75) is 25.9 Å². The molecule has 0 radical (unpaired) electrons. The van der Waals surface area contributed by atoms with Crippen LogP contribution in [0, 0.1) is 5.82 Å². The average molecular weight is 323 g/mol. The second-order valence-electron chi connectivity index (χ2n) is 5.58. The predicted molar refractivity (Wildman–Crippen MR) is 78.4 cm³/mol. The maximum absolute atomic E-state index is 14.2. The monoisotopic (exact) mass is 323 g/mol. The van der Waals surface area contributed by atoms with Gasteiger partial charge < -0.3 is 4.98 Å². The van der Waals surface area contributed by atoms with Gasteiger partial charge in [0.25, 0.3) is 0 Å². The number of H-pyrrole nitrogens is 1. The number of nitrogens with zero attached hydrogens (tertiary/aromatic N) is 2. The third kappa shape index (κ3) is 2.91. The molecule has 0 saturated heterocycles. The molecule has 3 nitrogen and oxygen atoms in total. The van der Waals surface area contributed by atoms with Gasteiger partial charge in [0.1, 0.15) is 5.82 Å². The topological polar surface area (TPSA) is 41.6 Å². The molecule has 0 aliphatic rings. The fraction of sp³-hybridized carbons (Fsp3) is 0.250. The molecule has 0 saturated carbocycles. The molecule has 0 aliphatic carbocycles. The number of fused-ring (bicyclic) bond motifs is 1. The zero-order valence-corrected chi connectivity index (χ0v) is 12.4. The average Bonchev–Trinajstić information content (AvgIpc) is 2.88. The van der Waals surface area contributed by atoms with Crippen LogP contribution in [-0.2, 0) is 6.18 Å². The van der Waals surface area contributed by atoms with E-state index < -0.39 is 17.7 Å².